The van der Waals surface area contributed by atoms with Crippen molar-refractivity contribution in [3.63, 3.8) is 0 Å². The standard InChI is InChI=1S/C16H19BrClN3OS/c1-10-15(17)11(2)21(20-10)8-4-7-19-16(22)13-9-12(23-3)5-6-14(13)18/h5-6,9H,4,7-8H2,1-3H3,(H,19,22). The molecule has 1 aromatic carbocycles. The average Bonchev–Trinajstić information content (AvgIpc) is 2.79. The number of halogens is 2. The largest absolute Gasteiger partial charge is 0.352 e. The van der Waals surface area contributed by atoms with Gasteiger partial charge < -0.3 is 5.32 Å². The first kappa shape index (κ1) is 18.4. The van der Waals surface area contributed by atoms with Crippen LogP contribution in [0.15, 0.2) is 27.6 Å². The van der Waals surface area contributed by atoms with Crippen LogP contribution in [0.3, 0.4) is 0 Å². The molecule has 2 rings (SSSR count). The number of rotatable bonds is 6. The summed E-state index contributed by atoms with van der Waals surface area (Å²) in [4.78, 5) is 13.3. The zero-order chi connectivity index (χ0) is 17.0. The Morgan fingerprint density at radius 2 is 2.17 bits per heavy atom. The lowest BCUT2D eigenvalue weighted by Crippen LogP contribution is -2.25. The van der Waals surface area contributed by atoms with Gasteiger partial charge in [-0.25, -0.2) is 0 Å². The van der Waals surface area contributed by atoms with E-state index in [0.29, 0.717) is 17.1 Å². The third-order valence-corrected chi connectivity index (χ3v) is 5.75. The number of benzene rings is 1. The van der Waals surface area contributed by atoms with Gasteiger partial charge in [0.05, 0.1) is 20.8 Å². The Morgan fingerprint density at radius 3 is 2.78 bits per heavy atom. The number of carbonyl (C=O) groups is 1. The van der Waals surface area contributed by atoms with Crippen LogP contribution >= 0.6 is 39.3 Å². The lowest BCUT2D eigenvalue weighted by molar-refractivity contribution is 0.0952. The fourth-order valence-electron chi connectivity index (χ4n) is 2.22. The number of hydrogen-bond donors (Lipinski definition) is 1. The highest BCUT2D eigenvalue weighted by Crippen LogP contribution is 2.23. The SMILES string of the molecule is CSc1ccc(Cl)c(C(=O)NCCCn2nc(C)c(Br)c2C)c1. The average molecular weight is 417 g/mol. The molecule has 1 amide bonds. The van der Waals surface area contributed by atoms with Gasteiger partial charge in [-0.1, -0.05) is 11.6 Å². The molecule has 0 saturated carbocycles. The zero-order valence-electron chi connectivity index (χ0n) is 13.3. The van der Waals surface area contributed by atoms with Gasteiger partial charge in [-0.2, -0.15) is 5.10 Å². The van der Waals surface area contributed by atoms with Gasteiger partial charge in [0.2, 0.25) is 0 Å². The Bertz CT molecular complexity index is 718. The van der Waals surface area contributed by atoms with Crippen LogP contribution in [0.25, 0.3) is 0 Å². The van der Waals surface area contributed by atoms with Gasteiger partial charge in [-0.15, -0.1) is 11.8 Å². The maximum absolute atomic E-state index is 12.2. The van der Waals surface area contributed by atoms with Crippen molar-refractivity contribution in [2.75, 3.05) is 12.8 Å². The van der Waals surface area contributed by atoms with Crippen molar-refractivity contribution < 1.29 is 4.79 Å². The first-order valence-corrected chi connectivity index (χ1v) is 9.65. The molecule has 0 bridgehead atoms. The minimum atomic E-state index is -0.138. The second-order valence-electron chi connectivity index (χ2n) is 5.16. The van der Waals surface area contributed by atoms with Crippen molar-refractivity contribution in [3.05, 3.63) is 44.6 Å². The Hall–Kier alpha value is -0.980. The zero-order valence-corrected chi connectivity index (χ0v) is 16.5. The summed E-state index contributed by atoms with van der Waals surface area (Å²) in [6.07, 6.45) is 2.78. The van der Waals surface area contributed by atoms with Crippen molar-refractivity contribution in [1.82, 2.24) is 15.1 Å². The smallest absolute Gasteiger partial charge is 0.252 e. The van der Waals surface area contributed by atoms with E-state index in [1.54, 1.807) is 17.8 Å². The highest BCUT2D eigenvalue weighted by Gasteiger charge is 2.11. The molecule has 2 aromatic rings. The van der Waals surface area contributed by atoms with Gasteiger partial charge >= 0.3 is 0 Å². The van der Waals surface area contributed by atoms with Crippen LogP contribution in [0.5, 0.6) is 0 Å². The Morgan fingerprint density at radius 1 is 1.43 bits per heavy atom. The topological polar surface area (TPSA) is 46.9 Å². The predicted octanol–water partition coefficient (Wildman–Crippen LogP) is 4.46. The van der Waals surface area contributed by atoms with Gasteiger partial charge in [0.1, 0.15) is 0 Å². The van der Waals surface area contributed by atoms with Gasteiger partial charge in [0, 0.05) is 23.7 Å². The van der Waals surface area contributed by atoms with E-state index in [1.807, 2.05) is 36.9 Å². The number of nitrogens with one attached hydrogen (secondary N) is 1. The minimum absolute atomic E-state index is 0.138. The van der Waals surface area contributed by atoms with E-state index in [-0.39, 0.29) is 5.91 Å². The Labute approximate surface area is 154 Å². The number of carbonyl (C=O) groups excluding carboxylic acids is 1. The lowest BCUT2D eigenvalue weighted by atomic mass is 10.2. The van der Waals surface area contributed by atoms with E-state index in [2.05, 4.69) is 26.3 Å². The summed E-state index contributed by atoms with van der Waals surface area (Å²) in [6.45, 7) is 5.33. The highest BCUT2D eigenvalue weighted by atomic mass is 79.9. The summed E-state index contributed by atoms with van der Waals surface area (Å²) in [5, 5.41) is 7.85. The third kappa shape index (κ3) is 4.52. The van der Waals surface area contributed by atoms with Crippen molar-refractivity contribution in [3.8, 4) is 0 Å². The summed E-state index contributed by atoms with van der Waals surface area (Å²) >= 11 is 11.2. The maximum Gasteiger partial charge on any atom is 0.252 e. The highest BCUT2D eigenvalue weighted by molar-refractivity contribution is 9.10. The predicted molar refractivity (Wildman–Crippen MR) is 99.6 cm³/mol. The molecule has 0 radical (unpaired) electrons. The summed E-state index contributed by atoms with van der Waals surface area (Å²) in [7, 11) is 0. The van der Waals surface area contributed by atoms with Gasteiger partial charge in [0.25, 0.3) is 5.91 Å². The van der Waals surface area contributed by atoms with Crippen LogP contribution in [-0.2, 0) is 6.54 Å². The molecule has 0 fully saturated rings. The second kappa shape index (κ2) is 8.22. The fraction of sp³-hybridized carbons (Fsp3) is 0.375. The summed E-state index contributed by atoms with van der Waals surface area (Å²) < 4.78 is 2.99. The molecule has 124 valence electrons. The van der Waals surface area contributed by atoms with Crippen molar-refractivity contribution >= 4 is 45.2 Å². The van der Waals surface area contributed by atoms with Crippen molar-refractivity contribution in [2.45, 2.75) is 31.7 Å². The summed E-state index contributed by atoms with van der Waals surface area (Å²) in [6, 6.07) is 5.49. The maximum atomic E-state index is 12.2. The van der Waals surface area contributed by atoms with Crippen molar-refractivity contribution in [2.24, 2.45) is 0 Å². The molecule has 1 N–H and O–H groups in total. The molecule has 7 heteroatoms. The molecular formula is C16H19BrClN3OS. The van der Waals surface area contributed by atoms with Crippen LogP contribution in [-0.4, -0.2) is 28.5 Å². The van der Waals surface area contributed by atoms with Crippen LogP contribution in [0.2, 0.25) is 5.02 Å². The molecular weight excluding hydrogens is 398 g/mol. The summed E-state index contributed by atoms with van der Waals surface area (Å²) in [5.74, 6) is -0.138. The second-order valence-corrected chi connectivity index (χ2v) is 7.24. The van der Waals surface area contributed by atoms with Crippen LogP contribution < -0.4 is 5.32 Å². The normalized spacial score (nSPS) is 10.8. The van der Waals surface area contributed by atoms with E-state index in [4.69, 9.17) is 11.6 Å². The molecule has 0 unspecified atom stereocenters. The molecule has 4 nitrogen and oxygen atoms in total. The van der Waals surface area contributed by atoms with E-state index in [0.717, 1.165) is 33.7 Å². The molecule has 23 heavy (non-hydrogen) atoms. The number of hydrogen-bond acceptors (Lipinski definition) is 3. The molecule has 1 heterocycles. The van der Waals surface area contributed by atoms with E-state index >= 15 is 0 Å². The van der Waals surface area contributed by atoms with Crippen LogP contribution in [0.1, 0.15) is 28.2 Å². The first-order chi connectivity index (χ1) is 10.9. The molecule has 0 aliphatic rings. The van der Waals surface area contributed by atoms with Crippen LogP contribution in [0.4, 0.5) is 0 Å². The number of aromatic nitrogens is 2. The fourth-order valence-corrected chi connectivity index (χ4v) is 3.15. The number of nitrogens with zero attached hydrogens (tertiary/aromatic N) is 2. The van der Waals surface area contributed by atoms with E-state index in [1.165, 1.54) is 0 Å². The quantitative estimate of drug-likeness (QED) is 0.559. The van der Waals surface area contributed by atoms with Crippen molar-refractivity contribution in [1.29, 1.82) is 0 Å². The molecule has 0 aliphatic carbocycles. The number of amides is 1. The molecule has 0 aliphatic heterocycles. The summed E-state index contributed by atoms with van der Waals surface area (Å²) in [5.41, 5.74) is 2.60. The monoisotopic (exact) mass is 415 g/mol. The minimum Gasteiger partial charge on any atom is -0.352 e. The Balaban J connectivity index is 1.89. The third-order valence-electron chi connectivity index (χ3n) is 3.54. The molecule has 0 saturated heterocycles. The number of aryl methyl sites for hydroxylation is 2. The molecule has 1 aromatic heterocycles. The van der Waals surface area contributed by atoms with Gasteiger partial charge in [-0.3, -0.25) is 9.48 Å². The van der Waals surface area contributed by atoms with Gasteiger partial charge in [0.15, 0.2) is 0 Å². The number of thioether (sulfide) groups is 1. The molecule has 0 atom stereocenters. The van der Waals surface area contributed by atoms with E-state index in [9.17, 15) is 4.79 Å². The first-order valence-electron chi connectivity index (χ1n) is 7.25. The lowest BCUT2D eigenvalue weighted by Gasteiger charge is -2.09. The molecule has 0 spiro atoms. The Kier molecular flexibility index (Phi) is 6.56. The van der Waals surface area contributed by atoms with Gasteiger partial charge in [-0.05, 0) is 60.7 Å². The van der Waals surface area contributed by atoms with Crippen LogP contribution in [0, 0.1) is 13.8 Å². The van der Waals surface area contributed by atoms with E-state index < -0.39 is 0 Å².